The standard InChI is InChI=1S/C22H23N3O4/c1-15-17-9-5-6-10-18(17)22(28)25(23-15)13-20(27)24-11-12-29-19(14-26)21(24)16-7-3-2-4-8-16/h2-10,19,21,26H,11-14H2,1H3/t19-,21-/m0/s1. The van der Waals surface area contributed by atoms with Crippen LogP contribution in [-0.2, 0) is 16.1 Å². The van der Waals surface area contributed by atoms with Gasteiger partial charge in [-0.15, -0.1) is 0 Å². The van der Waals surface area contributed by atoms with E-state index < -0.39 is 12.1 Å². The van der Waals surface area contributed by atoms with Crippen molar-refractivity contribution in [2.24, 2.45) is 0 Å². The number of hydrogen-bond acceptors (Lipinski definition) is 5. The van der Waals surface area contributed by atoms with Crippen LogP contribution in [0.5, 0.6) is 0 Å². The Hall–Kier alpha value is -3.03. The number of carbonyl (C=O) groups excluding carboxylic acids is 1. The number of fused-ring (bicyclic) bond motifs is 1. The van der Waals surface area contributed by atoms with Crippen LogP contribution in [0.4, 0.5) is 0 Å². The normalized spacial score (nSPS) is 19.4. The fraction of sp³-hybridized carbons (Fsp3) is 0.318. The largest absolute Gasteiger partial charge is 0.394 e. The number of morpholine rings is 1. The highest BCUT2D eigenvalue weighted by molar-refractivity contribution is 5.83. The first-order chi connectivity index (χ1) is 14.1. The number of hydrogen-bond donors (Lipinski definition) is 1. The van der Waals surface area contributed by atoms with Crippen molar-refractivity contribution in [1.82, 2.24) is 14.7 Å². The molecule has 0 aliphatic carbocycles. The first kappa shape index (κ1) is 19.3. The van der Waals surface area contributed by atoms with Gasteiger partial charge in [0.15, 0.2) is 0 Å². The first-order valence-electron chi connectivity index (χ1n) is 9.63. The van der Waals surface area contributed by atoms with Gasteiger partial charge in [-0.3, -0.25) is 9.59 Å². The molecule has 2 heterocycles. The lowest BCUT2D eigenvalue weighted by Crippen LogP contribution is -2.51. The molecule has 2 atom stereocenters. The van der Waals surface area contributed by atoms with Crippen LogP contribution in [0.15, 0.2) is 59.4 Å². The van der Waals surface area contributed by atoms with Crippen LogP contribution in [0.25, 0.3) is 10.8 Å². The fourth-order valence-corrected chi connectivity index (χ4v) is 3.94. The maximum Gasteiger partial charge on any atom is 0.275 e. The summed E-state index contributed by atoms with van der Waals surface area (Å²) in [6, 6.07) is 16.3. The molecule has 0 spiro atoms. The molecule has 1 aliphatic rings. The molecule has 0 saturated carbocycles. The Morgan fingerprint density at radius 1 is 1.14 bits per heavy atom. The van der Waals surface area contributed by atoms with Gasteiger partial charge in [0.05, 0.1) is 30.3 Å². The zero-order chi connectivity index (χ0) is 20.4. The van der Waals surface area contributed by atoms with E-state index in [4.69, 9.17) is 4.74 Å². The summed E-state index contributed by atoms with van der Waals surface area (Å²) in [4.78, 5) is 27.7. The average Bonchev–Trinajstić information content (AvgIpc) is 2.77. The number of aromatic nitrogens is 2. The predicted octanol–water partition coefficient (Wildman–Crippen LogP) is 1.67. The number of aliphatic hydroxyl groups is 1. The molecule has 1 amide bonds. The highest BCUT2D eigenvalue weighted by Gasteiger charge is 2.36. The maximum atomic E-state index is 13.2. The van der Waals surface area contributed by atoms with Crippen LogP contribution in [0.3, 0.4) is 0 Å². The molecule has 3 aromatic rings. The van der Waals surface area contributed by atoms with E-state index >= 15 is 0 Å². The van der Waals surface area contributed by atoms with Crippen LogP contribution in [0.2, 0.25) is 0 Å². The lowest BCUT2D eigenvalue weighted by molar-refractivity contribution is -0.150. The second kappa shape index (κ2) is 8.14. The Labute approximate surface area is 168 Å². The van der Waals surface area contributed by atoms with Crippen LogP contribution in [-0.4, -0.2) is 51.6 Å². The van der Waals surface area contributed by atoms with E-state index in [2.05, 4.69) is 5.10 Å². The van der Waals surface area contributed by atoms with Crippen LogP contribution >= 0.6 is 0 Å². The molecule has 2 aromatic carbocycles. The quantitative estimate of drug-likeness (QED) is 0.729. The van der Waals surface area contributed by atoms with Crippen LogP contribution in [0, 0.1) is 6.92 Å². The van der Waals surface area contributed by atoms with Crippen LogP contribution < -0.4 is 5.56 Å². The molecule has 0 bridgehead atoms. The minimum Gasteiger partial charge on any atom is -0.394 e. The van der Waals surface area contributed by atoms with Gasteiger partial charge in [0.2, 0.25) is 5.91 Å². The molecular weight excluding hydrogens is 370 g/mol. The third kappa shape index (κ3) is 3.66. The van der Waals surface area contributed by atoms with E-state index in [0.29, 0.717) is 24.2 Å². The highest BCUT2D eigenvalue weighted by atomic mass is 16.5. The molecule has 4 rings (SSSR count). The van der Waals surface area contributed by atoms with Crippen molar-refractivity contribution in [3.05, 3.63) is 76.2 Å². The smallest absolute Gasteiger partial charge is 0.275 e. The van der Waals surface area contributed by atoms with E-state index in [0.717, 1.165) is 10.9 Å². The van der Waals surface area contributed by atoms with Crippen LogP contribution in [0.1, 0.15) is 17.3 Å². The molecule has 29 heavy (non-hydrogen) atoms. The number of carbonyl (C=O) groups is 1. The van der Waals surface area contributed by atoms with E-state index in [1.54, 1.807) is 17.0 Å². The van der Waals surface area contributed by atoms with Gasteiger partial charge in [0.25, 0.3) is 5.56 Å². The summed E-state index contributed by atoms with van der Waals surface area (Å²) in [7, 11) is 0. The SMILES string of the molecule is Cc1nn(CC(=O)N2CCO[C@@H](CO)[C@@H]2c2ccccc2)c(=O)c2ccccc12. The van der Waals surface area contributed by atoms with Gasteiger partial charge in [0, 0.05) is 11.9 Å². The van der Waals surface area contributed by atoms with Gasteiger partial charge in [-0.25, -0.2) is 4.68 Å². The van der Waals surface area contributed by atoms with Gasteiger partial charge in [-0.05, 0) is 18.6 Å². The number of nitrogens with zero attached hydrogens (tertiary/aromatic N) is 3. The first-order valence-corrected chi connectivity index (χ1v) is 9.63. The summed E-state index contributed by atoms with van der Waals surface area (Å²) in [6.07, 6.45) is -0.516. The lowest BCUT2D eigenvalue weighted by atomic mass is 9.98. The zero-order valence-electron chi connectivity index (χ0n) is 16.2. The molecule has 1 aromatic heterocycles. The summed E-state index contributed by atoms with van der Waals surface area (Å²) in [6.45, 7) is 2.18. The number of ether oxygens (including phenoxy) is 1. The molecule has 1 N–H and O–H groups in total. The number of aliphatic hydroxyl groups excluding tert-OH is 1. The topological polar surface area (TPSA) is 84.7 Å². The number of aryl methyl sites for hydroxylation is 1. The summed E-state index contributed by atoms with van der Waals surface area (Å²) in [5, 5.41) is 15.5. The van der Waals surface area contributed by atoms with E-state index in [1.165, 1.54) is 4.68 Å². The molecule has 7 nitrogen and oxygen atoms in total. The average molecular weight is 393 g/mol. The van der Waals surface area contributed by atoms with Crippen molar-refractivity contribution in [2.45, 2.75) is 25.6 Å². The summed E-state index contributed by atoms with van der Waals surface area (Å²) in [5.74, 6) is -0.232. The third-order valence-electron chi connectivity index (χ3n) is 5.33. The van der Waals surface area contributed by atoms with Crippen molar-refractivity contribution in [2.75, 3.05) is 19.8 Å². The zero-order valence-corrected chi connectivity index (χ0v) is 16.2. The Morgan fingerprint density at radius 2 is 1.83 bits per heavy atom. The van der Waals surface area contributed by atoms with Crippen molar-refractivity contribution < 1.29 is 14.6 Å². The van der Waals surface area contributed by atoms with Crippen molar-refractivity contribution in [3.63, 3.8) is 0 Å². The van der Waals surface area contributed by atoms with Crippen molar-refractivity contribution >= 4 is 16.7 Å². The third-order valence-corrected chi connectivity index (χ3v) is 5.33. The van der Waals surface area contributed by atoms with E-state index in [1.807, 2.05) is 49.4 Å². The summed E-state index contributed by atoms with van der Waals surface area (Å²) < 4.78 is 6.92. The lowest BCUT2D eigenvalue weighted by Gasteiger charge is -2.41. The number of benzene rings is 2. The molecule has 150 valence electrons. The summed E-state index contributed by atoms with van der Waals surface area (Å²) >= 11 is 0. The van der Waals surface area contributed by atoms with E-state index in [9.17, 15) is 14.7 Å². The van der Waals surface area contributed by atoms with Gasteiger partial charge in [-0.2, -0.15) is 5.10 Å². The van der Waals surface area contributed by atoms with Gasteiger partial charge in [0.1, 0.15) is 12.6 Å². The molecule has 0 unspecified atom stereocenters. The Morgan fingerprint density at radius 3 is 2.55 bits per heavy atom. The molecule has 1 saturated heterocycles. The van der Waals surface area contributed by atoms with Gasteiger partial charge >= 0.3 is 0 Å². The maximum absolute atomic E-state index is 13.2. The Kier molecular flexibility index (Phi) is 5.42. The highest BCUT2D eigenvalue weighted by Crippen LogP contribution is 2.29. The van der Waals surface area contributed by atoms with Gasteiger partial charge < -0.3 is 14.7 Å². The van der Waals surface area contributed by atoms with E-state index in [-0.39, 0.29) is 24.6 Å². The molecule has 1 aliphatic heterocycles. The molecular formula is C22H23N3O4. The predicted molar refractivity (Wildman–Crippen MR) is 108 cm³/mol. The minimum atomic E-state index is -0.516. The van der Waals surface area contributed by atoms with Crippen molar-refractivity contribution in [1.29, 1.82) is 0 Å². The molecule has 0 radical (unpaired) electrons. The fourth-order valence-electron chi connectivity index (χ4n) is 3.94. The molecule has 1 fully saturated rings. The second-order valence-corrected chi connectivity index (χ2v) is 7.13. The minimum absolute atomic E-state index is 0.161. The Bertz CT molecular complexity index is 1080. The number of amides is 1. The second-order valence-electron chi connectivity index (χ2n) is 7.13. The van der Waals surface area contributed by atoms with Crippen molar-refractivity contribution in [3.8, 4) is 0 Å². The monoisotopic (exact) mass is 393 g/mol. The Balaban J connectivity index is 1.67. The molecule has 7 heteroatoms. The number of rotatable bonds is 4. The summed E-state index contributed by atoms with van der Waals surface area (Å²) in [5.41, 5.74) is 1.29. The van der Waals surface area contributed by atoms with Gasteiger partial charge in [-0.1, -0.05) is 48.5 Å².